The lowest BCUT2D eigenvalue weighted by atomic mass is 10.1. The minimum absolute atomic E-state index is 0.445. The Balaban J connectivity index is 1.79. The van der Waals surface area contributed by atoms with Crippen LogP contribution in [0, 0.1) is 0 Å². The van der Waals surface area contributed by atoms with E-state index in [9.17, 15) is 5.11 Å². The first-order valence-corrected chi connectivity index (χ1v) is 7.04. The minimum atomic E-state index is -0.445. The van der Waals surface area contributed by atoms with E-state index in [1.807, 2.05) is 36.4 Å². The van der Waals surface area contributed by atoms with Gasteiger partial charge in [-0.3, -0.25) is 0 Å². The van der Waals surface area contributed by atoms with Crippen LogP contribution in [-0.4, -0.2) is 11.7 Å². The number of hydrogen-bond acceptors (Lipinski definition) is 3. The lowest BCUT2D eigenvalue weighted by Gasteiger charge is -2.11. The van der Waals surface area contributed by atoms with Crippen LogP contribution < -0.4 is 5.32 Å². The molecule has 0 spiro atoms. The van der Waals surface area contributed by atoms with E-state index in [4.69, 9.17) is 0 Å². The third-order valence-electron chi connectivity index (χ3n) is 2.45. The first kappa shape index (κ1) is 12.8. The van der Waals surface area contributed by atoms with Gasteiger partial charge in [0.15, 0.2) is 0 Å². The third-order valence-corrected chi connectivity index (χ3v) is 4.07. The normalized spacial score (nSPS) is 12.6. The van der Waals surface area contributed by atoms with Gasteiger partial charge in [0.05, 0.1) is 9.89 Å². The van der Waals surface area contributed by atoms with Gasteiger partial charge in [0.1, 0.15) is 0 Å². The largest absolute Gasteiger partial charge is 0.387 e. The quantitative estimate of drug-likeness (QED) is 0.887. The Hall–Kier alpha value is -0.680. The van der Waals surface area contributed by atoms with Crippen molar-refractivity contribution in [3.8, 4) is 0 Å². The van der Waals surface area contributed by atoms with E-state index in [0.717, 1.165) is 15.9 Å². The van der Waals surface area contributed by atoms with Gasteiger partial charge in [-0.2, -0.15) is 0 Å². The number of thiophene rings is 1. The highest BCUT2D eigenvalue weighted by Gasteiger charge is 2.06. The van der Waals surface area contributed by atoms with Crippen LogP contribution in [0.1, 0.15) is 16.5 Å². The number of rotatable bonds is 5. The molecule has 0 aliphatic rings. The standard InChI is InChI=1S/C13H14BrNOS/c14-13-7-6-11(17-13)8-15-9-12(16)10-4-2-1-3-5-10/h1-7,12,15-16H,8-9H2/t12-/m0/s1. The molecule has 0 aliphatic heterocycles. The fourth-order valence-corrected chi connectivity index (χ4v) is 3.02. The van der Waals surface area contributed by atoms with Crippen LogP contribution in [0.2, 0.25) is 0 Å². The highest BCUT2D eigenvalue weighted by molar-refractivity contribution is 9.11. The van der Waals surface area contributed by atoms with Crippen molar-refractivity contribution in [1.29, 1.82) is 0 Å². The van der Waals surface area contributed by atoms with Gasteiger partial charge in [0, 0.05) is 18.0 Å². The number of nitrogens with one attached hydrogen (secondary N) is 1. The molecule has 1 aromatic heterocycles. The average molecular weight is 312 g/mol. The zero-order chi connectivity index (χ0) is 12.1. The van der Waals surface area contributed by atoms with E-state index < -0.39 is 6.10 Å². The second-order valence-corrected chi connectivity index (χ2v) is 6.31. The van der Waals surface area contributed by atoms with Crippen LogP contribution >= 0.6 is 27.3 Å². The van der Waals surface area contributed by atoms with Crippen LogP contribution in [0.4, 0.5) is 0 Å². The zero-order valence-electron chi connectivity index (χ0n) is 9.27. The summed E-state index contributed by atoms with van der Waals surface area (Å²) in [4.78, 5) is 1.26. The summed E-state index contributed by atoms with van der Waals surface area (Å²) in [5, 5.41) is 13.2. The summed E-state index contributed by atoms with van der Waals surface area (Å²) < 4.78 is 1.14. The summed E-state index contributed by atoms with van der Waals surface area (Å²) in [6, 6.07) is 13.8. The van der Waals surface area contributed by atoms with E-state index in [2.05, 4.69) is 27.3 Å². The van der Waals surface area contributed by atoms with Crippen molar-refractivity contribution in [3.63, 3.8) is 0 Å². The Bertz CT molecular complexity index is 457. The molecule has 2 N–H and O–H groups in total. The van der Waals surface area contributed by atoms with E-state index in [-0.39, 0.29) is 0 Å². The number of aliphatic hydroxyl groups is 1. The smallest absolute Gasteiger partial charge is 0.0914 e. The van der Waals surface area contributed by atoms with Gasteiger partial charge in [0.2, 0.25) is 0 Å². The molecule has 17 heavy (non-hydrogen) atoms. The van der Waals surface area contributed by atoms with Crippen molar-refractivity contribution >= 4 is 27.3 Å². The van der Waals surface area contributed by atoms with Gasteiger partial charge in [-0.1, -0.05) is 30.3 Å². The third kappa shape index (κ3) is 3.92. The van der Waals surface area contributed by atoms with Gasteiger partial charge in [-0.15, -0.1) is 11.3 Å². The van der Waals surface area contributed by atoms with E-state index >= 15 is 0 Å². The van der Waals surface area contributed by atoms with E-state index in [1.54, 1.807) is 11.3 Å². The van der Waals surface area contributed by atoms with Gasteiger partial charge in [-0.25, -0.2) is 0 Å². The fraction of sp³-hybridized carbons (Fsp3) is 0.231. The lowest BCUT2D eigenvalue weighted by molar-refractivity contribution is 0.174. The molecule has 90 valence electrons. The predicted molar refractivity (Wildman–Crippen MR) is 75.1 cm³/mol. The molecule has 0 unspecified atom stereocenters. The second kappa shape index (κ2) is 6.31. The number of hydrogen-bond donors (Lipinski definition) is 2. The second-order valence-electron chi connectivity index (χ2n) is 3.76. The summed E-state index contributed by atoms with van der Waals surface area (Å²) in [5.74, 6) is 0. The molecule has 0 saturated heterocycles. The van der Waals surface area contributed by atoms with Crippen molar-refractivity contribution in [2.75, 3.05) is 6.54 Å². The molecule has 0 fully saturated rings. The monoisotopic (exact) mass is 311 g/mol. The zero-order valence-corrected chi connectivity index (χ0v) is 11.7. The molecule has 0 aliphatic carbocycles. The van der Waals surface area contributed by atoms with Gasteiger partial charge < -0.3 is 10.4 Å². The molecule has 2 aromatic rings. The van der Waals surface area contributed by atoms with Crippen LogP contribution in [0.15, 0.2) is 46.3 Å². The molecule has 1 aromatic carbocycles. The van der Waals surface area contributed by atoms with Crippen LogP contribution in [0.5, 0.6) is 0 Å². The molecule has 0 bridgehead atoms. The molecule has 1 heterocycles. The topological polar surface area (TPSA) is 32.3 Å². The van der Waals surface area contributed by atoms with Crippen LogP contribution in [-0.2, 0) is 6.54 Å². The van der Waals surface area contributed by atoms with Crippen molar-refractivity contribution in [1.82, 2.24) is 5.32 Å². The highest BCUT2D eigenvalue weighted by Crippen LogP contribution is 2.21. The first-order valence-electron chi connectivity index (χ1n) is 5.43. The van der Waals surface area contributed by atoms with Crippen molar-refractivity contribution in [3.05, 3.63) is 56.7 Å². The maximum atomic E-state index is 9.94. The number of aliphatic hydroxyl groups excluding tert-OH is 1. The van der Waals surface area contributed by atoms with Gasteiger partial charge in [0.25, 0.3) is 0 Å². The molecule has 0 radical (unpaired) electrons. The van der Waals surface area contributed by atoms with Crippen molar-refractivity contribution in [2.45, 2.75) is 12.6 Å². The molecular weight excluding hydrogens is 298 g/mol. The number of halogens is 1. The number of benzene rings is 1. The van der Waals surface area contributed by atoms with Crippen molar-refractivity contribution in [2.24, 2.45) is 0 Å². The fourth-order valence-electron chi connectivity index (χ4n) is 1.57. The molecule has 0 amide bonds. The van der Waals surface area contributed by atoms with Crippen LogP contribution in [0.25, 0.3) is 0 Å². The molecular formula is C13H14BrNOS. The van der Waals surface area contributed by atoms with E-state index in [1.165, 1.54) is 4.88 Å². The summed E-state index contributed by atoms with van der Waals surface area (Å²) in [6.45, 7) is 1.36. The van der Waals surface area contributed by atoms with Crippen LogP contribution in [0.3, 0.4) is 0 Å². The Labute approximate surface area is 113 Å². The Morgan fingerprint density at radius 2 is 1.94 bits per heavy atom. The summed E-state index contributed by atoms with van der Waals surface area (Å²) >= 11 is 5.14. The van der Waals surface area contributed by atoms with E-state index in [0.29, 0.717) is 6.54 Å². The molecule has 0 saturated carbocycles. The lowest BCUT2D eigenvalue weighted by Crippen LogP contribution is -2.20. The van der Waals surface area contributed by atoms with Gasteiger partial charge >= 0.3 is 0 Å². The summed E-state index contributed by atoms with van der Waals surface area (Å²) in [7, 11) is 0. The molecule has 2 rings (SSSR count). The SMILES string of the molecule is O[C@@H](CNCc1ccc(Br)s1)c1ccccc1. The molecule has 2 nitrogen and oxygen atoms in total. The Morgan fingerprint density at radius 3 is 2.59 bits per heavy atom. The summed E-state index contributed by atoms with van der Waals surface area (Å²) in [6.07, 6.45) is -0.445. The molecule has 4 heteroatoms. The highest BCUT2D eigenvalue weighted by atomic mass is 79.9. The first-order chi connectivity index (χ1) is 8.25. The Morgan fingerprint density at radius 1 is 1.18 bits per heavy atom. The maximum absolute atomic E-state index is 9.94. The molecule has 1 atom stereocenters. The predicted octanol–water partition coefficient (Wildman–Crippen LogP) is 3.33. The minimum Gasteiger partial charge on any atom is -0.387 e. The van der Waals surface area contributed by atoms with Crippen molar-refractivity contribution < 1.29 is 5.11 Å². The van der Waals surface area contributed by atoms with Gasteiger partial charge in [-0.05, 0) is 33.6 Å². The maximum Gasteiger partial charge on any atom is 0.0914 e. The summed E-state index contributed by atoms with van der Waals surface area (Å²) in [5.41, 5.74) is 0.951. The Kier molecular flexibility index (Phi) is 4.74. The average Bonchev–Trinajstić information content (AvgIpc) is 2.76.